The predicted octanol–water partition coefficient (Wildman–Crippen LogP) is 4.40. The summed E-state index contributed by atoms with van der Waals surface area (Å²) in [7, 11) is 0. The first-order valence-corrected chi connectivity index (χ1v) is 6.41. The third-order valence-corrected chi connectivity index (χ3v) is 3.73. The van der Waals surface area contributed by atoms with E-state index in [1.807, 2.05) is 0 Å². The Hall–Kier alpha value is -1.56. The van der Waals surface area contributed by atoms with Gasteiger partial charge in [-0.3, -0.25) is 0 Å². The summed E-state index contributed by atoms with van der Waals surface area (Å²) in [5.41, 5.74) is 7.11. The Bertz CT molecular complexity index is 534. The first kappa shape index (κ1) is 10.6. The van der Waals surface area contributed by atoms with E-state index in [4.69, 9.17) is 0 Å². The van der Waals surface area contributed by atoms with Crippen molar-refractivity contribution in [2.75, 3.05) is 0 Å². The lowest BCUT2D eigenvalue weighted by Gasteiger charge is -2.05. The molecule has 0 heteroatoms. The normalized spacial score (nSPS) is 18.1. The van der Waals surface area contributed by atoms with Crippen LogP contribution in [-0.2, 0) is 12.8 Å². The van der Waals surface area contributed by atoms with Gasteiger partial charge in [-0.1, -0.05) is 55.0 Å². The Morgan fingerprint density at radius 1 is 0.824 bits per heavy atom. The van der Waals surface area contributed by atoms with Crippen molar-refractivity contribution >= 4 is 0 Å². The molecule has 0 radical (unpaired) electrons. The van der Waals surface area contributed by atoms with E-state index in [-0.39, 0.29) is 0 Å². The molecule has 86 valence electrons. The third-order valence-electron chi connectivity index (χ3n) is 3.73. The smallest absolute Gasteiger partial charge is 0.0181 e. The van der Waals surface area contributed by atoms with E-state index >= 15 is 0 Å². The van der Waals surface area contributed by atoms with Crippen molar-refractivity contribution in [3.63, 3.8) is 0 Å². The summed E-state index contributed by atoms with van der Waals surface area (Å²) in [6.07, 6.45) is 2.50. The van der Waals surface area contributed by atoms with Crippen LogP contribution in [0.2, 0.25) is 0 Å². The summed E-state index contributed by atoms with van der Waals surface area (Å²) >= 11 is 0. The van der Waals surface area contributed by atoms with E-state index in [0.717, 1.165) is 5.92 Å². The van der Waals surface area contributed by atoms with Crippen LogP contribution in [0.15, 0.2) is 42.5 Å². The third kappa shape index (κ3) is 2.00. The fourth-order valence-electron chi connectivity index (χ4n) is 2.76. The van der Waals surface area contributed by atoms with Gasteiger partial charge in [0.05, 0.1) is 0 Å². The second kappa shape index (κ2) is 4.03. The van der Waals surface area contributed by atoms with Gasteiger partial charge in [0.15, 0.2) is 0 Å². The predicted molar refractivity (Wildman–Crippen MR) is 73.2 cm³/mol. The van der Waals surface area contributed by atoms with E-state index in [1.54, 1.807) is 11.1 Å². The topological polar surface area (TPSA) is 0 Å². The van der Waals surface area contributed by atoms with Crippen molar-refractivity contribution in [2.24, 2.45) is 5.92 Å². The summed E-state index contributed by atoms with van der Waals surface area (Å²) in [6.45, 7) is 4.47. The van der Waals surface area contributed by atoms with Gasteiger partial charge >= 0.3 is 0 Å². The summed E-state index contributed by atoms with van der Waals surface area (Å²) in [5, 5.41) is 0. The van der Waals surface area contributed by atoms with E-state index in [1.165, 1.54) is 29.5 Å². The number of aryl methyl sites for hydroxylation is 1. The summed E-state index contributed by atoms with van der Waals surface area (Å²) in [6, 6.07) is 15.8. The van der Waals surface area contributed by atoms with Crippen molar-refractivity contribution in [1.29, 1.82) is 0 Å². The van der Waals surface area contributed by atoms with E-state index in [2.05, 4.69) is 56.3 Å². The van der Waals surface area contributed by atoms with Gasteiger partial charge < -0.3 is 0 Å². The van der Waals surface area contributed by atoms with Crippen molar-refractivity contribution in [3.8, 4) is 11.1 Å². The molecule has 0 bridgehead atoms. The minimum absolute atomic E-state index is 0.818. The molecule has 0 fully saturated rings. The highest BCUT2D eigenvalue weighted by atomic mass is 14.2. The Morgan fingerprint density at radius 3 is 2.24 bits per heavy atom. The molecule has 1 aliphatic carbocycles. The summed E-state index contributed by atoms with van der Waals surface area (Å²) in [5.74, 6) is 0.818. The van der Waals surface area contributed by atoms with Crippen LogP contribution in [0, 0.1) is 12.8 Å². The molecule has 1 unspecified atom stereocenters. The molecule has 2 aromatic carbocycles. The lowest BCUT2D eigenvalue weighted by Crippen LogP contribution is -1.89. The van der Waals surface area contributed by atoms with Crippen LogP contribution in [0.1, 0.15) is 23.6 Å². The number of rotatable bonds is 1. The van der Waals surface area contributed by atoms with Gasteiger partial charge in [0.25, 0.3) is 0 Å². The fraction of sp³-hybridized carbons (Fsp3) is 0.294. The van der Waals surface area contributed by atoms with Gasteiger partial charge in [0, 0.05) is 0 Å². The fourth-order valence-corrected chi connectivity index (χ4v) is 2.76. The minimum Gasteiger partial charge on any atom is -0.0619 e. The molecule has 0 spiro atoms. The molecule has 2 aromatic rings. The molecule has 0 N–H and O–H groups in total. The van der Waals surface area contributed by atoms with Crippen molar-refractivity contribution in [2.45, 2.75) is 26.7 Å². The largest absolute Gasteiger partial charge is 0.0619 e. The number of hydrogen-bond acceptors (Lipinski definition) is 0. The molecule has 0 saturated heterocycles. The molecular formula is C17H18. The van der Waals surface area contributed by atoms with Crippen LogP contribution in [0.3, 0.4) is 0 Å². The molecule has 17 heavy (non-hydrogen) atoms. The van der Waals surface area contributed by atoms with Crippen molar-refractivity contribution in [3.05, 3.63) is 59.2 Å². The molecule has 1 aliphatic rings. The molecular weight excluding hydrogens is 204 g/mol. The molecule has 0 heterocycles. The molecule has 1 atom stereocenters. The van der Waals surface area contributed by atoms with Crippen LogP contribution in [0.4, 0.5) is 0 Å². The Morgan fingerprint density at radius 2 is 1.47 bits per heavy atom. The average molecular weight is 222 g/mol. The molecule has 0 saturated carbocycles. The first-order valence-electron chi connectivity index (χ1n) is 6.41. The highest BCUT2D eigenvalue weighted by Crippen LogP contribution is 2.30. The highest BCUT2D eigenvalue weighted by Gasteiger charge is 2.17. The monoisotopic (exact) mass is 222 g/mol. The lowest BCUT2D eigenvalue weighted by molar-refractivity contribution is 0.628. The zero-order chi connectivity index (χ0) is 11.8. The zero-order valence-corrected chi connectivity index (χ0v) is 10.5. The van der Waals surface area contributed by atoms with E-state index in [9.17, 15) is 0 Å². The minimum atomic E-state index is 0.818. The van der Waals surface area contributed by atoms with Gasteiger partial charge in [-0.2, -0.15) is 0 Å². The van der Waals surface area contributed by atoms with Crippen molar-refractivity contribution in [1.82, 2.24) is 0 Å². The first-order chi connectivity index (χ1) is 8.22. The molecule has 0 nitrogen and oxygen atoms in total. The van der Waals surface area contributed by atoms with Crippen LogP contribution in [0.25, 0.3) is 11.1 Å². The number of hydrogen-bond donors (Lipinski definition) is 0. The second-order valence-corrected chi connectivity index (χ2v) is 5.36. The zero-order valence-electron chi connectivity index (χ0n) is 10.5. The van der Waals surface area contributed by atoms with Crippen LogP contribution < -0.4 is 0 Å². The Kier molecular flexibility index (Phi) is 2.51. The molecule has 0 amide bonds. The van der Waals surface area contributed by atoms with Gasteiger partial charge in [0.1, 0.15) is 0 Å². The summed E-state index contributed by atoms with van der Waals surface area (Å²) in [4.78, 5) is 0. The van der Waals surface area contributed by atoms with Gasteiger partial charge in [0.2, 0.25) is 0 Å². The lowest BCUT2D eigenvalue weighted by atomic mass is 10.00. The second-order valence-electron chi connectivity index (χ2n) is 5.36. The average Bonchev–Trinajstić information content (AvgIpc) is 2.69. The SMILES string of the molecule is Cc1ccc(-c2ccc3c(c2)CC(C)C3)cc1. The van der Waals surface area contributed by atoms with Gasteiger partial charge in [-0.25, -0.2) is 0 Å². The quantitative estimate of drug-likeness (QED) is 0.671. The summed E-state index contributed by atoms with van der Waals surface area (Å²) < 4.78 is 0. The van der Waals surface area contributed by atoms with Crippen LogP contribution in [-0.4, -0.2) is 0 Å². The maximum atomic E-state index is 2.38. The van der Waals surface area contributed by atoms with Crippen LogP contribution in [0.5, 0.6) is 0 Å². The highest BCUT2D eigenvalue weighted by molar-refractivity contribution is 5.65. The Labute approximate surface area is 103 Å². The van der Waals surface area contributed by atoms with Crippen molar-refractivity contribution < 1.29 is 0 Å². The molecule has 3 rings (SSSR count). The van der Waals surface area contributed by atoms with Gasteiger partial charge in [-0.05, 0) is 47.9 Å². The number of benzene rings is 2. The molecule has 0 aromatic heterocycles. The maximum absolute atomic E-state index is 2.38. The van der Waals surface area contributed by atoms with Gasteiger partial charge in [-0.15, -0.1) is 0 Å². The van der Waals surface area contributed by atoms with Crippen LogP contribution >= 0.6 is 0 Å². The van der Waals surface area contributed by atoms with E-state index < -0.39 is 0 Å². The maximum Gasteiger partial charge on any atom is -0.0181 e. The molecule has 0 aliphatic heterocycles. The van der Waals surface area contributed by atoms with E-state index in [0.29, 0.717) is 0 Å². The Balaban J connectivity index is 2.00. The number of fused-ring (bicyclic) bond motifs is 1. The standard InChI is InChI=1S/C17H18/c1-12-3-5-14(6-4-12)16-8-7-15-9-13(2)10-17(15)11-16/h3-8,11,13H,9-10H2,1-2H3.